The number of hydrogen-bond acceptors (Lipinski definition) is 2. The average Bonchev–Trinajstić information content (AvgIpc) is 2.07. The maximum absolute atomic E-state index is 13.6. The van der Waals surface area contributed by atoms with Crippen LogP contribution in [-0.2, 0) is 12.2 Å². The fraction of sp³-hybridized carbons (Fsp3) is 0.455. The lowest BCUT2D eigenvalue weighted by atomic mass is 9.96. The summed E-state index contributed by atoms with van der Waals surface area (Å²) in [5.74, 6) is 0. The van der Waals surface area contributed by atoms with Crippen molar-refractivity contribution in [2.24, 2.45) is 0 Å². The summed E-state index contributed by atoms with van der Waals surface area (Å²) in [4.78, 5) is 0. The standard InChI is InChI=1S/C11H16FNO/c1-8-4-5-10(11(2,3)12)6-9(8)7-13-14/h4-6,13-14H,7H2,1-3H3. The molecule has 0 heterocycles. The van der Waals surface area contributed by atoms with E-state index in [0.717, 1.165) is 11.1 Å². The molecular weight excluding hydrogens is 181 g/mol. The van der Waals surface area contributed by atoms with Crippen molar-refractivity contribution in [2.45, 2.75) is 33.0 Å². The number of benzene rings is 1. The van der Waals surface area contributed by atoms with Gasteiger partial charge in [-0.05, 0) is 37.5 Å². The highest BCUT2D eigenvalue weighted by Crippen LogP contribution is 2.26. The Labute approximate surface area is 83.7 Å². The lowest BCUT2D eigenvalue weighted by Gasteiger charge is -2.16. The molecule has 0 saturated heterocycles. The molecule has 0 atom stereocenters. The summed E-state index contributed by atoms with van der Waals surface area (Å²) >= 11 is 0. The van der Waals surface area contributed by atoms with Gasteiger partial charge in [0.15, 0.2) is 0 Å². The Hall–Kier alpha value is -0.930. The first-order valence-corrected chi connectivity index (χ1v) is 4.61. The Morgan fingerprint density at radius 2 is 2.07 bits per heavy atom. The fourth-order valence-corrected chi connectivity index (χ4v) is 1.32. The molecular formula is C11H16FNO. The Balaban J connectivity index is 3.06. The highest BCUT2D eigenvalue weighted by molar-refractivity contribution is 5.33. The lowest BCUT2D eigenvalue weighted by Crippen LogP contribution is -2.12. The van der Waals surface area contributed by atoms with Crippen LogP contribution in [0.4, 0.5) is 4.39 Å². The minimum absolute atomic E-state index is 0.343. The first kappa shape index (κ1) is 11.1. The SMILES string of the molecule is Cc1ccc(C(C)(C)F)cc1CNO. The van der Waals surface area contributed by atoms with E-state index in [9.17, 15) is 4.39 Å². The number of aryl methyl sites for hydroxylation is 1. The van der Waals surface area contributed by atoms with E-state index >= 15 is 0 Å². The van der Waals surface area contributed by atoms with E-state index in [1.807, 2.05) is 13.0 Å². The molecule has 0 saturated carbocycles. The van der Waals surface area contributed by atoms with Crippen LogP contribution in [0.5, 0.6) is 0 Å². The Kier molecular flexibility index (Phi) is 3.24. The first-order chi connectivity index (χ1) is 6.45. The van der Waals surface area contributed by atoms with Crippen molar-refractivity contribution in [1.82, 2.24) is 5.48 Å². The molecule has 2 nitrogen and oxygen atoms in total. The smallest absolute Gasteiger partial charge is 0.130 e. The summed E-state index contributed by atoms with van der Waals surface area (Å²) in [5.41, 5.74) is 3.33. The zero-order chi connectivity index (χ0) is 10.8. The van der Waals surface area contributed by atoms with Crippen molar-refractivity contribution in [3.05, 3.63) is 34.9 Å². The summed E-state index contributed by atoms with van der Waals surface area (Å²) < 4.78 is 13.6. The van der Waals surface area contributed by atoms with Gasteiger partial charge in [0.25, 0.3) is 0 Å². The molecule has 0 aliphatic heterocycles. The van der Waals surface area contributed by atoms with Gasteiger partial charge in [-0.1, -0.05) is 18.2 Å². The predicted octanol–water partition coefficient (Wildman–Crippen LogP) is 2.68. The molecule has 0 amide bonds. The Morgan fingerprint density at radius 1 is 1.43 bits per heavy atom. The quantitative estimate of drug-likeness (QED) is 0.730. The molecule has 14 heavy (non-hydrogen) atoms. The van der Waals surface area contributed by atoms with Crippen LogP contribution in [0, 0.1) is 6.92 Å². The number of rotatable bonds is 3. The highest BCUT2D eigenvalue weighted by Gasteiger charge is 2.19. The fourth-order valence-electron chi connectivity index (χ4n) is 1.32. The van der Waals surface area contributed by atoms with Gasteiger partial charge in [-0.25, -0.2) is 9.87 Å². The molecule has 1 aromatic carbocycles. The van der Waals surface area contributed by atoms with Crippen molar-refractivity contribution in [1.29, 1.82) is 0 Å². The van der Waals surface area contributed by atoms with Crippen molar-refractivity contribution < 1.29 is 9.60 Å². The van der Waals surface area contributed by atoms with Gasteiger partial charge >= 0.3 is 0 Å². The van der Waals surface area contributed by atoms with Gasteiger partial charge in [0.05, 0.1) is 0 Å². The van der Waals surface area contributed by atoms with Gasteiger partial charge < -0.3 is 5.21 Å². The zero-order valence-corrected chi connectivity index (χ0v) is 8.76. The Bertz CT molecular complexity index is 318. The molecule has 0 aliphatic carbocycles. The van der Waals surface area contributed by atoms with Crippen LogP contribution >= 0.6 is 0 Å². The molecule has 0 fully saturated rings. The van der Waals surface area contributed by atoms with E-state index < -0.39 is 5.67 Å². The van der Waals surface area contributed by atoms with E-state index in [1.54, 1.807) is 12.1 Å². The van der Waals surface area contributed by atoms with Crippen LogP contribution in [0.25, 0.3) is 0 Å². The monoisotopic (exact) mass is 197 g/mol. The minimum Gasteiger partial charge on any atom is -0.316 e. The van der Waals surface area contributed by atoms with Crippen LogP contribution in [0.2, 0.25) is 0 Å². The van der Waals surface area contributed by atoms with Crippen LogP contribution in [0.15, 0.2) is 18.2 Å². The molecule has 1 rings (SSSR count). The lowest BCUT2D eigenvalue weighted by molar-refractivity contribution is 0.160. The van der Waals surface area contributed by atoms with Crippen LogP contribution in [0.3, 0.4) is 0 Å². The third-order valence-corrected chi connectivity index (χ3v) is 2.31. The van der Waals surface area contributed by atoms with Gasteiger partial charge in [0.2, 0.25) is 0 Å². The van der Waals surface area contributed by atoms with Crippen LogP contribution in [0.1, 0.15) is 30.5 Å². The average molecular weight is 197 g/mol. The first-order valence-electron chi connectivity index (χ1n) is 4.61. The largest absolute Gasteiger partial charge is 0.316 e. The van der Waals surface area contributed by atoms with E-state index in [1.165, 1.54) is 13.8 Å². The molecule has 78 valence electrons. The van der Waals surface area contributed by atoms with E-state index in [0.29, 0.717) is 12.1 Å². The van der Waals surface area contributed by atoms with Crippen molar-refractivity contribution in [2.75, 3.05) is 0 Å². The molecule has 0 bridgehead atoms. The van der Waals surface area contributed by atoms with Gasteiger partial charge in [-0.15, -0.1) is 0 Å². The molecule has 0 aromatic heterocycles. The summed E-state index contributed by atoms with van der Waals surface area (Å²) in [6.07, 6.45) is 0. The second-order valence-corrected chi connectivity index (χ2v) is 3.95. The van der Waals surface area contributed by atoms with Gasteiger partial charge in [0, 0.05) is 6.54 Å². The Morgan fingerprint density at radius 3 is 2.57 bits per heavy atom. The van der Waals surface area contributed by atoms with Gasteiger partial charge in [0.1, 0.15) is 5.67 Å². The van der Waals surface area contributed by atoms with E-state index in [4.69, 9.17) is 5.21 Å². The van der Waals surface area contributed by atoms with E-state index in [2.05, 4.69) is 5.48 Å². The summed E-state index contributed by atoms with van der Waals surface area (Å²) in [6.45, 7) is 5.32. The zero-order valence-electron chi connectivity index (χ0n) is 8.76. The third kappa shape index (κ3) is 2.53. The number of halogens is 1. The second kappa shape index (κ2) is 4.07. The maximum Gasteiger partial charge on any atom is 0.130 e. The van der Waals surface area contributed by atoms with E-state index in [-0.39, 0.29) is 0 Å². The minimum atomic E-state index is -1.34. The number of hydrogen-bond donors (Lipinski definition) is 2. The molecule has 0 unspecified atom stereocenters. The van der Waals surface area contributed by atoms with Crippen molar-refractivity contribution in [3.8, 4) is 0 Å². The normalized spacial score (nSPS) is 11.8. The molecule has 3 heteroatoms. The maximum atomic E-state index is 13.6. The second-order valence-electron chi connectivity index (χ2n) is 3.95. The molecule has 1 aromatic rings. The van der Waals surface area contributed by atoms with Crippen molar-refractivity contribution in [3.63, 3.8) is 0 Å². The topological polar surface area (TPSA) is 32.3 Å². The molecule has 0 aliphatic rings. The molecule has 0 spiro atoms. The summed E-state index contributed by atoms with van der Waals surface area (Å²) in [6, 6.07) is 5.41. The number of hydroxylamine groups is 1. The van der Waals surface area contributed by atoms with Gasteiger partial charge in [-0.3, -0.25) is 0 Å². The predicted molar refractivity (Wildman–Crippen MR) is 53.9 cm³/mol. The van der Waals surface area contributed by atoms with Gasteiger partial charge in [-0.2, -0.15) is 0 Å². The molecule has 0 radical (unpaired) electrons. The van der Waals surface area contributed by atoms with Crippen LogP contribution < -0.4 is 5.48 Å². The number of alkyl halides is 1. The van der Waals surface area contributed by atoms with Crippen molar-refractivity contribution >= 4 is 0 Å². The van der Waals surface area contributed by atoms with Crippen LogP contribution in [-0.4, -0.2) is 5.21 Å². The third-order valence-electron chi connectivity index (χ3n) is 2.31. The highest BCUT2D eigenvalue weighted by atomic mass is 19.1. The summed E-state index contributed by atoms with van der Waals surface area (Å²) in [5, 5.41) is 8.59. The number of nitrogens with one attached hydrogen (secondary N) is 1. The summed E-state index contributed by atoms with van der Waals surface area (Å²) in [7, 11) is 0. The molecule has 2 N–H and O–H groups in total.